The summed E-state index contributed by atoms with van der Waals surface area (Å²) in [6, 6.07) is 5.93. The molecule has 0 aliphatic heterocycles. The molecule has 0 heterocycles. The van der Waals surface area contributed by atoms with Gasteiger partial charge in [0.05, 0.1) is 14.2 Å². The molecule has 1 rings (SSSR count). The zero-order valence-corrected chi connectivity index (χ0v) is 11.0. The highest BCUT2D eigenvalue weighted by molar-refractivity contribution is 5.40. The van der Waals surface area contributed by atoms with Crippen LogP contribution in [0.25, 0.3) is 0 Å². The summed E-state index contributed by atoms with van der Waals surface area (Å²) in [5.41, 5.74) is 6.76. The van der Waals surface area contributed by atoms with Crippen molar-refractivity contribution in [2.75, 3.05) is 20.8 Å². The first-order chi connectivity index (χ1) is 8.21. The van der Waals surface area contributed by atoms with E-state index in [0.717, 1.165) is 37.3 Å². The standard InChI is InChI=1S/C14H23NO2/c1-11(8-9-15)4-5-12-10-13(16-2)6-7-14(12)17-3/h6-7,10-11H,4-5,8-9,15H2,1-3H3. The highest BCUT2D eigenvalue weighted by Crippen LogP contribution is 2.26. The van der Waals surface area contributed by atoms with Gasteiger partial charge in [0.15, 0.2) is 0 Å². The highest BCUT2D eigenvalue weighted by Gasteiger charge is 2.07. The fourth-order valence-electron chi connectivity index (χ4n) is 1.91. The quantitative estimate of drug-likeness (QED) is 0.793. The number of nitrogens with two attached hydrogens (primary N) is 1. The van der Waals surface area contributed by atoms with Gasteiger partial charge in [0.1, 0.15) is 11.5 Å². The smallest absolute Gasteiger partial charge is 0.122 e. The molecule has 3 nitrogen and oxygen atoms in total. The molecule has 0 aromatic heterocycles. The average Bonchev–Trinajstić information content (AvgIpc) is 2.36. The van der Waals surface area contributed by atoms with Crippen molar-refractivity contribution in [1.29, 1.82) is 0 Å². The van der Waals surface area contributed by atoms with Gasteiger partial charge in [-0.3, -0.25) is 0 Å². The lowest BCUT2D eigenvalue weighted by Crippen LogP contribution is -2.07. The molecule has 0 aliphatic rings. The minimum absolute atomic E-state index is 0.649. The van der Waals surface area contributed by atoms with Crippen LogP contribution in [0.1, 0.15) is 25.3 Å². The Morgan fingerprint density at radius 1 is 1.18 bits per heavy atom. The van der Waals surface area contributed by atoms with Gasteiger partial charge < -0.3 is 15.2 Å². The fourth-order valence-corrected chi connectivity index (χ4v) is 1.91. The van der Waals surface area contributed by atoms with Crippen molar-refractivity contribution in [3.63, 3.8) is 0 Å². The predicted octanol–water partition coefficient (Wildman–Crippen LogP) is 2.62. The van der Waals surface area contributed by atoms with Gasteiger partial charge in [0, 0.05) is 0 Å². The SMILES string of the molecule is COc1ccc(OC)c(CCC(C)CCN)c1. The second kappa shape index (κ2) is 7.17. The number of methoxy groups -OCH3 is 2. The largest absolute Gasteiger partial charge is 0.497 e. The van der Waals surface area contributed by atoms with Crippen LogP contribution in [0.5, 0.6) is 11.5 Å². The molecule has 0 aliphatic carbocycles. The summed E-state index contributed by atoms with van der Waals surface area (Å²) in [6.07, 6.45) is 3.20. The van der Waals surface area contributed by atoms with E-state index in [1.165, 1.54) is 5.56 Å². The molecule has 0 saturated carbocycles. The van der Waals surface area contributed by atoms with E-state index in [2.05, 4.69) is 6.92 Å². The van der Waals surface area contributed by atoms with Crippen LogP contribution in [0.3, 0.4) is 0 Å². The van der Waals surface area contributed by atoms with Crippen molar-refractivity contribution >= 4 is 0 Å². The number of aryl methyl sites for hydroxylation is 1. The molecular weight excluding hydrogens is 214 g/mol. The lowest BCUT2D eigenvalue weighted by molar-refractivity contribution is 0.395. The van der Waals surface area contributed by atoms with E-state index < -0.39 is 0 Å². The van der Waals surface area contributed by atoms with Crippen molar-refractivity contribution < 1.29 is 9.47 Å². The van der Waals surface area contributed by atoms with Crippen LogP contribution in [-0.2, 0) is 6.42 Å². The molecule has 0 fully saturated rings. The number of benzene rings is 1. The molecule has 1 atom stereocenters. The molecule has 0 radical (unpaired) electrons. The van der Waals surface area contributed by atoms with Crippen LogP contribution >= 0.6 is 0 Å². The first-order valence-electron chi connectivity index (χ1n) is 6.12. The second-order valence-electron chi connectivity index (χ2n) is 4.40. The molecule has 96 valence electrons. The van der Waals surface area contributed by atoms with Gasteiger partial charge >= 0.3 is 0 Å². The summed E-state index contributed by atoms with van der Waals surface area (Å²) in [4.78, 5) is 0. The topological polar surface area (TPSA) is 44.5 Å². The Balaban J connectivity index is 2.67. The number of ether oxygens (including phenoxy) is 2. The summed E-state index contributed by atoms with van der Waals surface area (Å²) < 4.78 is 10.6. The first kappa shape index (κ1) is 13.8. The zero-order chi connectivity index (χ0) is 12.7. The Bertz CT molecular complexity index is 339. The Morgan fingerprint density at radius 2 is 1.94 bits per heavy atom. The summed E-state index contributed by atoms with van der Waals surface area (Å²) in [7, 11) is 3.39. The monoisotopic (exact) mass is 237 g/mol. The van der Waals surface area contributed by atoms with Gasteiger partial charge in [0.25, 0.3) is 0 Å². The third kappa shape index (κ3) is 4.27. The van der Waals surface area contributed by atoms with Crippen molar-refractivity contribution in [1.82, 2.24) is 0 Å². The van der Waals surface area contributed by atoms with Gasteiger partial charge in [0.2, 0.25) is 0 Å². The molecule has 1 unspecified atom stereocenters. The minimum atomic E-state index is 0.649. The van der Waals surface area contributed by atoms with E-state index in [1.54, 1.807) is 14.2 Å². The third-order valence-electron chi connectivity index (χ3n) is 3.05. The van der Waals surface area contributed by atoms with Crippen LogP contribution < -0.4 is 15.2 Å². The Hall–Kier alpha value is -1.22. The molecule has 0 spiro atoms. The molecule has 1 aromatic carbocycles. The van der Waals surface area contributed by atoms with Crippen LogP contribution in [0.4, 0.5) is 0 Å². The van der Waals surface area contributed by atoms with Crippen LogP contribution in [0.15, 0.2) is 18.2 Å². The molecule has 17 heavy (non-hydrogen) atoms. The predicted molar refractivity (Wildman–Crippen MR) is 70.7 cm³/mol. The Kier molecular flexibility index (Phi) is 5.84. The van der Waals surface area contributed by atoms with Crippen LogP contribution in [-0.4, -0.2) is 20.8 Å². The zero-order valence-electron chi connectivity index (χ0n) is 11.0. The molecule has 3 heteroatoms. The van der Waals surface area contributed by atoms with E-state index >= 15 is 0 Å². The summed E-state index contributed by atoms with van der Waals surface area (Å²) >= 11 is 0. The molecular formula is C14H23NO2. The molecule has 2 N–H and O–H groups in total. The molecule has 1 aromatic rings. The number of rotatable bonds is 7. The average molecular weight is 237 g/mol. The van der Waals surface area contributed by atoms with Crippen molar-refractivity contribution in [2.24, 2.45) is 11.7 Å². The van der Waals surface area contributed by atoms with Gasteiger partial charge in [-0.2, -0.15) is 0 Å². The number of hydrogen-bond donors (Lipinski definition) is 1. The highest BCUT2D eigenvalue weighted by atomic mass is 16.5. The maximum atomic E-state index is 5.56. The van der Waals surface area contributed by atoms with Crippen LogP contribution in [0.2, 0.25) is 0 Å². The van der Waals surface area contributed by atoms with Crippen molar-refractivity contribution in [3.8, 4) is 11.5 Å². The summed E-state index contributed by atoms with van der Waals surface area (Å²) in [6.45, 7) is 3.00. The van der Waals surface area contributed by atoms with Gasteiger partial charge in [-0.1, -0.05) is 6.92 Å². The van der Waals surface area contributed by atoms with Gasteiger partial charge in [-0.25, -0.2) is 0 Å². The molecule has 0 saturated heterocycles. The minimum Gasteiger partial charge on any atom is -0.497 e. The van der Waals surface area contributed by atoms with E-state index in [-0.39, 0.29) is 0 Å². The van der Waals surface area contributed by atoms with Gasteiger partial charge in [-0.15, -0.1) is 0 Å². The lowest BCUT2D eigenvalue weighted by Gasteiger charge is -2.13. The lowest BCUT2D eigenvalue weighted by atomic mass is 9.98. The normalized spacial score (nSPS) is 12.2. The number of hydrogen-bond acceptors (Lipinski definition) is 3. The molecule has 0 bridgehead atoms. The Morgan fingerprint density at radius 3 is 2.53 bits per heavy atom. The maximum Gasteiger partial charge on any atom is 0.122 e. The van der Waals surface area contributed by atoms with Crippen molar-refractivity contribution in [3.05, 3.63) is 23.8 Å². The summed E-state index contributed by atoms with van der Waals surface area (Å²) in [5.74, 6) is 2.47. The van der Waals surface area contributed by atoms with Gasteiger partial charge in [-0.05, 0) is 55.5 Å². The maximum absolute atomic E-state index is 5.56. The fraction of sp³-hybridized carbons (Fsp3) is 0.571. The Labute approximate surface area is 104 Å². The van der Waals surface area contributed by atoms with Crippen molar-refractivity contribution in [2.45, 2.75) is 26.2 Å². The van der Waals surface area contributed by atoms with E-state index in [9.17, 15) is 0 Å². The summed E-state index contributed by atoms with van der Waals surface area (Å²) in [5, 5.41) is 0. The third-order valence-corrected chi connectivity index (χ3v) is 3.05. The molecule has 0 amide bonds. The van der Waals surface area contributed by atoms with E-state index in [4.69, 9.17) is 15.2 Å². The second-order valence-corrected chi connectivity index (χ2v) is 4.40. The van der Waals surface area contributed by atoms with E-state index in [1.807, 2.05) is 18.2 Å². The van der Waals surface area contributed by atoms with Crippen LogP contribution in [0, 0.1) is 5.92 Å². The van der Waals surface area contributed by atoms with E-state index in [0.29, 0.717) is 5.92 Å². The first-order valence-corrected chi connectivity index (χ1v) is 6.12.